The van der Waals surface area contributed by atoms with Crippen molar-refractivity contribution < 1.29 is 0 Å². The predicted molar refractivity (Wildman–Crippen MR) is 138 cm³/mol. The van der Waals surface area contributed by atoms with Gasteiger partial charge in [0.2, 0.25) is 5.95 Å². The second-order valence-electron chi connectivity index (χ2n) is 9.13. The minimum atomic E-state index is -0.136. The number of nitrogens with zero attached hydrogens (tertiary/aromatic N) is 3. The molecule has 5 heteroatoms. The van der Waals surface area contributed by atoms with Gasteiger partial charge < -0.3 is 4.90 Å². The summed E-state index contributed by atoms with van der Waals surface area (Å²) in [6, 6.07) is 27.1. The van der Waals surface area contributed by atoms with E-state index in [0.29, 0.717) is 22.9 Å². The van der Waals surface area contributed by atoms with Crippen LogP contribution >= 0.6 is 0 Å². The van der Waals surface area contributed by atoms with Crippen molar-refractivity contribution in [2.24, 2.45) is 5.92 Å². The van der Waals surface area contributed by atoms with Crippen LogP contribution in [0.4, 0.5) is 5.95 Å². The van der Waals surface area contributed by atoms with E-state index in [4.69, 9.17) is 4.98 Å². The van der Waals surface area contributed by atoms with Gasteiger partial charge in [-0.3, -0.25) is 9.78 Å². The third kappa shape index (κ3) is 3.94. The monoisotopic (exact) mass is 446 g/mol. The predicted octanol–water partition coefficient (Wildman–Crippen LogP) is 5.60. The highest BCUT2D eigenvalue weighted by Crippen LogP contribution is 2.29. The summed E-state index contributed by atoms with van der Waals surface area (Å²) in [5.41, 5.74) is 3.60. The molecule has 1 aliphatic rings. The number of nitrogens with one attached hydrogen (secondary N) is 1. The molecule has 0 spiro atoms. The molecule has 168 valence electrons. The molecule has 1 aliphatic heterocycles. The van der Waals surface area contributed by atoms with Gasteiger partial charge in [-0.2, -0.15) is 4.98 Å². The first-order valence-electron chi connectivity index (χ1n) is 11.9. The summed E-state index contributed by atoms with van der Waals surface area (Å²) in [6.07, 6.45) is 5.02. The van der Waals surface area contributed by atoms with E-state index < -0.39 is 0 Å². The van der Waals surface area contributed by atoms with Gasteiger partial charge >= 0.3 is 0 Å². The van der Waals surface area contributed by atoms with Crippen molar-refractivity contribution in [1.29, 1.82) is 0 Å². The van der Waals surface area contributed by atoms with E-state index in [0.717, 1.165) is 48.9 Å². The van der Waals surface area contributed by atoms with Crippen molar-refractivity contribution in [3.05, 3.63) is 101 Å². The standard InChI is InChI=1S/C29H26N4O/c34-28-26-25(24-11-10-22-8-4-5-9-23(22)19-24)12-15-30-27(26)31-29(32-28)33-16-13-21(14-17-33)18-20-6-2-1-3-7-20/h1-12,15,19,21H,13-14,16-18H2,(H,30,31,32,34). The van der Waals surface area contributed by atoms with E-state index in [2.05, 4.69) is 75.5 Å². The van der Waals surface area contributed by atoms with Gasteiger partial charge in [-0.15, -0.1) is 0 Å². The molecular weight excluding hydrogens is 420 g/mol. The lowest BCUT2D eigenvalue weighted by atomic mass is 9.90. The second-order valence-corrected chi connectivity index (χ2v) is 9.13. The highest BCUT2D eigenvalue weighted by molar-refractivity contribution is 5.95. The topological polar surface area (TPSA) is 61.9 Å². The van der Waals surface area contributed by atoms with Gasteiger partial charge in [-0.25, -0.2) is 4.98 Å². The summed E-state index contributed by atoms with van der Waals surface area (Å²) in [5, 5.41) is 2.86. The van der Waals surface area contributed by atoms with Crippen LogP contribution in [0.15, 0.2) is 89.9 Å². The molecule has 0 amide bonds. The number of H-pyrrole nitrogens is 1. The molecule has 0 bridgehead atoms. The summed E-state index contributed by atoms with van der Waals surface area (Å²) in [7, 11) is 0. The van der Waals surface area contributed by atoms with Gasteiger partial charge in [0.05, 0.1) is 5.39 Å². The van der Waals surface area contributed by atoms with Gasteiger partial charge in [-0.1, -0.05) is 66.7 Å². The highest BCUT2D eigenvalue weighted by atomic mass is 16.1. The molecule has 1 saturated heterocycles. The molecule has 1 fully saturated rings. The molecule has 0 radical (unpaired) electrons. The molecule has 5 nitrogen and oxygen atoms in total. The zero-order valence-corrected chi connectivity index (χ0v) is 18.9. The quantitative estimate of drug-likeness (QED) is 0.390. The maximum Gasteiger partial charge on any atom is 0.262 e. The van der Waals surface area contributed by atoms with Crippen LogP contribution in [0, 0.1) is 5.92 Å². The Morgan fingerprint density at radius 2 is 1.65 bits per heavy atom. The van der Waals surface area contributed by atoms with E-state index >= 15 is 0 Å². The normalized spacial score (nSPS) is 14.6. The van der Waals surface area contributed by atoms with Crippen LogP contribution in [-0.4, -0.2) is 28.0 Å². The van der Waals surface area contributed by atoms with Crippen molar-refractivity contribution in [3.8, 4) is 11.1 Å². The molecule has 34 heavy (non-hydrogen) atoms. The summed E-state index contributed by atoms with van der Waals surface area (Å²) in [5.74, 6) is 1.28. The zero-order valence-electron chi connectivity index (χ0n) is 18.9. The maximum absolute atomic E-state index is 13.2. The van der Waals surface area contributed by atoms with Crippen molar-refractivity contribution in [2.45, 2.75) is 19.3 Å². The van der Waals surface area contributed by atoms with Crippen LogP contribution in [0.3, 0.4) is 0 Å². The van der Waals surface area contributed by atoms with Crippen LogP contribution in [0.5, 0.6) is 0 Å². The molecule has 0 saturated carbocycles. The second kappa shape index (κ2) is 8.75. The van der Waals surface area contributed by atoms with Gasteiger partial charge in [0.1, 0.15) is 0 Å². The molecule has 2 aromatic heterocycles. The SMILES string of the molecule is O=c1[nH]c(N2CCC(Cc3ccccc3)CC2)nc2nccc(-c3ccc4ccccc4c3)c12. The van der Waals surface area contributed by atoms with E-state index in [1.54, 1.807) is 6.20 Å². The fourth-order valence-corrected chi connectivity index (χ4v) is 5.10. The zero-order chi connectivity index (χ0) is 22.9. The van der Waals surface area contributed by atoms with Crippen molar-refractivity contribution in [3.63, 3.8) is 0 Å². The lowest BCUT2D eigenvalue weighted by Gasteiger charge is -2.32. The van der Waals surface area contributed by atoms with Gasteiger partial charge in [0, 0.05) is 19.3 Å². The van der Waals surface area contributed by atoms with E-state index in [1.165, 1.54) is 10.9 Å². The van der Waals surface area contributed by atoms with Gasteiger partial charge in [0.25, 0.3) is 5.56 Å². The first-order chi connectivity index (χ1) is 16.7. The third-order valence-corrected chi connectivity index (χ3v) is 6.94. The average molecular weight is 447 g/mol. The van der Waals surface area contributed by atoms with Crippen LogP contribution in [0.1, 0.15) is 18.4 Å². The Labute approximate surface area is 198 Å². The van der Waals surface area contributed by atoms with Crippen LogP contribution in [-0.2, 0) is 6.42 Å². The molecule has 5 aromatic rings. The highest BCUT2D eigenvalue weighted by Gasteiger charge is 2.22. The van der Waals surface area contributed by atoms with Crippen molar-refractivity contribution in [2.75, 3.05) is 18.0 Å². The van der Waals surface area contributed by atoms with E-state index in [9.17, 15) is 4.79 Å². The summed E-state index contributed by atoms with van der Waals surface area (Å²) in [4.78, 5) is 27.7. The van der Waals surface area contributed by atoms with Crippen LogP contribution in [0.25, 0.3) is 32.9 Å². The van der Waals surface area contributed by atoms with Gasteiger partial charge in [-0.05, 0) is 64.8 Å². The molecule has 0 aliphatic carbocycles. The Hall–Kier alpha value is -3.99. The maximum atomic E-state index is 13.2. The van der Waals surface area contributed by atoms with Crippen molar-refractivity contribution in [1.82, 2.24) is 15.0 Å². The minimum Gasteiger partial charge on any atom is -0.342 e. The Morgan fingerprint density at radius 1 is 0.882 bits per heavy atom. The molecule has 1 N–H and O–H groups in total. The number of benzene rings is 3. The fourth-order valence-electron chi connectivity index (χ4n) is 5.10. The number of aromatic amines is 1. The van der Waals surface area contributed by atoms with Gasteiger partial charge in [0.15, 0.2) is 5.65 Å². The average Bonchev–Trinajstić information content (AvgIpc) is 2.89. The number of piperidine rings is 1. The largest absolute Gasteiger partial charge is 0.342 e. The third-order valence-electron chi connectivity index (χ3n) is 6.94. The molecule has 3 heterocycles. The molecule has 6 rings (SSSR count). The number of anilines is 1. The minimum absolute atomic E-state index is 0.136. The van der Waals surface area contributed by atoms with E-state index in [1.807, 2.05) is 18.2 Å². The van der Waals surface area contributed by atoms with Crippen LogP contribution in [0.2, 0.25) is 0 Å². The fraction of sp³-hybridized carbons (Fsp3) is 0.207. The number of hydrogen-bond donors (Lipinski definition) is 1. The summed E-state index contributed by atoms with van der Waals surface area (Å²) in [6.45, 7) is 1.77. The van der Waals surface area contributed by atoms with Crippen molar-refractivity contribution >= 4 is 27.8 Å². The number of aromatic nitrogens is 3. The number of fused-ring (bicyclic) bond motifs is 2. The lowest BCUT2D eigenvalue weighted by Crippen LogP contribution is -2.36. The Morgan fingerprint density at radius 3 is 2.47 bits per heavy atom. The number of pyridine rings is 1. The number of rotatable bonds is 4. The summed E-state index contributed by atoms with van der Waals surface area (Å²) < 4.78 is 0. The first-order valence-corrected chi connectivity index (χ1v) is 11.9. The Bertz CT molecular complexity index is 1520. The molecular formula is C29H26N4O. The Kier molecular flexibility index (Phi) is 5.30. The summed E-state index contributed by atoms with van der Waals surface area (Å²) >= 11 is 0. The molecule has 3 aromatic carbocycles. The smallest absolute Gasteiger partial charge is 0.262 e. The first kappa shape index (κ1) is 20.6. The molecule has 0 unspecified atom stereocenters. The Balaban J connectivity index is 1.28. The molecule has 0 atom stereocenters. The lowest BCUT2D eigenvalue weighted by molar-refractivity contribution is 0.400. The van der Waals surface area contributed by atoms with E-state index in [-0.39, 0.29) is 5.56 Å². The van der Waals surface area contributed by atoms with Crippen LogP contribution < -0.4 is 10.5 Å². The number of hydrogen-bond acceptors (Lipinski definition) is 4.